The van der Waals surface area contributed by atoms with Crippen LogP contribution in [0.2, 0.25) is 5.02 Å². The number of ether oxygens (including phenoxy) is 1. The average molecular weight is 315 g/mol. The maximum Gasteiger partial charge on any atom is 0.288 e. The van der Waals surface area contributed by atoms with E-state index in [2.05, 4.69) is 0 Å². The number of carbonyl (C=O) groups excluding carboxylic acids is 1. The van der Waals surface area contributed by atoms with Crippen molar-refractivity contribution in [3.05, 3.63) is 38.9 Å². The van der Waals surface area contributed by atoms with E-state index in [1.807, 2.05) is 13.8 Å². The lowest BCUT2D eigenvalue weighted by Gasteiger charge is -2.28. The topological polar surface area (TPSA) is 72.7 Å². The second-order valence-corrected chi connectivity index (χ2v) is 5.02. The maximum atomic E-state index is 12.6. The summed E-state index contributed by atoms with van der Waals surface area (Å²) in [6, 6.07) is 4.23. The number of nitrogens with zero attached hydrogens (tertiary/aromatic N) is 2. The standard InChI is InChI=1S/C14H19ClN2O4/c1-4-10(2)16(8-9-21-3)14(18)11-6-5-7-12(13(11)15)17(19)20/h5-7,10H,4,8-9H2,1-3H3. The van der Waals surface area contributed by atoms with Gasteiger partial charge in [-0.15, -0.1) is 0 Å². The van der Waals surface area contributed by atoms with E-state index in [0.717, 1.165) is 6.42 Å². The van der Waals surface area contributed by atoms with Crippen LogP contribution in [0.25, 0.3) is 0 Å². The predicted octanol–water partition coefficient (Wildman–Crippen LogP) is 3.14. The molecule has 1 aromatic carbocycles. The molecule has 7 heteroatoms. The normalized spacial score (nSPS) is 12.0. The van der Waals surface area contributed by atoms with Crippen molar-refractivity contribution in [3.8, 4) is 0 Å². The van der Waals surface area contributed by atoms with Crippen LogP contribution in [0.15, 0.2) is 18.2 Å². The molecule has 0 N–H and O–H groups in total. The summed E-state index contributed by atoms with van der Waals surface area (Å²) in [4.78, 5) is 24.5. The predicted molar refractivity (Wildman–Crippen MR) is 80.8 cm³/mol. The summed E-state index contributed by atoms with van der Waals surface area (Å²) in [7, 11) is 1.56. The summed E-state index contributed by atoms with van der Waals surface area (Å²) in [5.74, 6) is -0.324. The van der Waals surface area contributed by atoms with E-state index in [9.17, 15) is 14.9 Å². The molecular weight excluding hydrogens is 296 g/mol. The number of benzene rings is 1. The Balaban J connectivity index is 3.14. The maximum absolute atomic E-state index is 12.6. The minimum absolute atomic E-state index is 0.0111. The van der Waals surface area contributed by atoms with Crippen molar-refractivity contribution < 1.29 is 14.5 Å². The number of rotatable bonds is 7. The van der Waals surface area contributed by atoms with Crippen LogP contribution >= 0.6 is 11.6 Å². The molecule has 0 radical (unpaired) electrons. The second-order valence-electron chi connectivity index (χ2n) is 4.64. The van der Waals surface area contributed by atoms with Crippen LogP contribution in [0.3, 0.4) is 0 Å². The van der Waals surface area contributed by atoms with Gasteiger partial charge < -0.3 is 9.64 Å². The van der Waals surface area contributed by atoms with Crippen LogP contribution in [-0.4, -0.2) is 42.0 Å². The summed E-state index contributed by atoms with van der Waals surface area (Å²) >= 11 is 6.00. The van der Waals surface area contributed by atoms with Crippen LogP contribution < -0.4 is 0 Å². The molecule has 1 amide bonds. The zero-order valence-electron chi connectivity index (χ0n) is 12.3. The lowest BCUT2D eigenvalue weighted by molar-refractivity contribution is -0.384. The molecule has 0 saturated carbocycles. The zero-order chi connectivity index (χ0) is 16.0. The number of methoxy groups -OCH3 is 1. The molecule has 0 heterocycles. The van der Waals surface area contributed by atoms with E-state index in [1.165, 1.54) is 18.2 Å². The van der Waals surface area contributed by atoms with Gasteiger partial charge in [0.1, 0.15) is 5.02 Å². The zero-order valence-corrected chi connectivity index (χ0v) is 13.1. The minimum Gasteiger partial charge on any atom is -0.383 e. The van der Waals surface area contributed by atoms with E-state index in [1.54, 1.807) is 12.0 Å². The summed E-state index contributed by atoms with van der Waals surface area (Å²) in [5, 5.41) is 10.8. The van der Waals surface area contributed by atoms with E-state index < -0.39 is 4.92 Å². The van der Waals surface area contributed by atoms with Gasteiger partial charge in [0.05, 0.1) is 17.1 Å². The number of nitro benzene ring substituents is 1. The van der Waals surface area contributed by atoms with Crippen LogP contribution in [0.5, 0.6) is 0 Å². The Labute approximate surface area is 128 Å². The molecule has 0 aromatic heterocycles. The SMILES string of the molecule is CCC(C)N(CCOC)C(=O)c1cccc([N+](=O)[O-])c1Cl. The van der Waals surface area contributed by atoms with E-state index in [4.69, 9.17) is 16.3 Å². The van der Waals surface area contributed by atoms with Gasteiger partial charge >= 0.3 is 0 Å². The third kappa shape index (κ3) is 4.15. The van der Waals surface area contributed by atoms with Crippen LogP contribution in [-0.2, 0) is 4.74 Å². The van der Waals surface area contributed by atoms with Crippen molar-refractivity contribution >= 4 is 23.2 Å². The van der Waals surface area contributed by atoms with E-state index in [0.29, 0.717) is 13.2 Å². The van der Waals surface area contributed by atoms with Crippen LogP contribution in [0.1, 0.15) is 30.6 Å². The highest BCUT2D eigenvalue weighted by molar-refractivity contribution is 6.35. The molecule has 1 aromatic rings. The Hall–Kier alpha value is -1.66. The first-order chi connectivity index (χ1) is 9.93. The fraction of sp³-hybridized carbons (Fsp3) is 0.500. The van der Waals surface area contributed by atoms with Crippen LogP contribution in [0, 0.1) is 10.1 Å². The largest absolute Gasteiger partial charge is 0.383 e. The van der Waals surface area contributed by atoms with Crippen molar-refractivity contribution in [1.29, 1.82) is 0 Å². The summed E-state index contributed by atoms with van der Waals surface area (Å²) < 4.78 is 5.01. The summed E-state index contributed by atoms with van der Waals surface area (Å²) in [6.45, 7) is 4.68. The van der Waals surface area contributed by atoms with Gasteiger partial charge in [-0.25, -0.2) is 0 Å². The number of nitro groups is 1. The number of halogens is 1. The van der Waals surface area contributed by atoms with Gasteiger partial charge in [-0.2, -0.15) is 0 Å². The number of hydrogen-bond acceptors (Lipinski definition) is 4. The minimum atomic E-state index is -0.595. The smallest absolute Gasteiger partial charge is 0.288 e. The number of hydrogen-bond donors (Lipinski definition) is 0. The highest BCUT2D eigenvalue weighted by atomic mass is 35.5. The Morgan fingerprint density at radius 3 is 2.71 bits per heavy atom. The summed E-state index contributed by atoms with van der Waals surface area (Å²) in [6.07, 6.45) is 0.766. The monoisotopic (exact) mass is 314 g/mol. The first kappa shape index (κ1) is 17.4. The van der Waals surface area contributed by atoms with Gasteiger partial charge in [0.2, 0.25) is 0 Å². The molecule has 1 rings (SSSR count). The fourth-order valence-electron chi connectivity index (χ4n) is 1.91. The fourth-order valence-corrected chi connectivity index (χ4v) is 2.19. The van der Waals surface area contributed by atoms with Gasteiger partial charge in [0, 0.05) is 25.8 Å². The summed E-state index contributed by atoms with van der Waals surface area (Å²) in [5.41, 5.74) is -0.124. The molecule has 0 saturated heterocycles. The molecule has 116 valence electrons. The molecule has 1 atom stereocenters. The number of amides is 1. The Morgan fingerprint density at radius 1 is 1.52 bits per heavy atom. The lowest BCUT2D eigenvalue weighted by atomic mass is 10.1. The van der Waals surface area contributed by atoms with E-state index in [-0.39, 0.29) is 28.2 Å². The molecule has 0 spiro atoms. The van der Waals surface area contributed by atoms with Gasteiger partial charge in [0.25, 0.3) is 11.6 Å². The molecule has 0 aliphatic heterocycles. The molecule has 0 bridgehead atoms. The van der Waals surface area contributed by atoms with Gasteiger partial charge in [-0.05, 0) is 19.4 Å². The van der Waals surface area contributed by atoms with Crippen molar-refractivity contribution in [1.82, 2.24) is 4.90 Å². The highest BCUT2D eigenvalue weighted by Crippen LogP contribution is 2.29. The van der Waals surface area contributed by atoms with Gasteiger partial charge in [-0.3, -0.25) is 14.9 Å². The third-order valence-corrected chi connectivity index (χ3v) is 3.72. The molecule has 21 heavy (non-hydrogen) atoms. The average Bonchev–Trinajstić information content (AvgIpc) is 2.46. The Morgan fingerprint density at radius 2 is 2.19 bits per heavy atom. The van der Waals surface area contributed by atoms with Crippen LogP contribution in [0.4, 0.5) is 5.69 Å². The van der Waals surface area contributed by atoms with Gasteiger partial charge in [-0.1, -0.05) is 24.6 Å². The third-order valence-electron chi connectivity index (χ3n) is 3.33. The highest BCUT2D eigenvalue weighted by Gasteiger charge is 2.25. The quantitative estimate of drug-likeness (QED) is 0.572. The first-order valence-corrected chi connectivity index (χ1v) is 7.04. The van der Waals surface area contributed by atoms with Gasteiger partial charge in [0.15, 0.2) is 0 Å². The molecule has 6 nitrogen and oxygen atoms in total. The van der Waals surface area contributed by atoms with Crippen molar-refractivity contribution in [2.24, 2.45) is 0 Å². The molecule has 0 fully saturated rings. The van der Waals surface area contributed by atoms with Crippen molar-refractivity contribution in [2.75, 3.05) is 20.3 Å². The number of carbonyl (C=O) groups is 1. The second kappa shape index (κ2) is 7.95. The molecule has 0 aliphatic rings. The molecular formula is C14H19ClN2O4. The van der Waals surface area contributed by atoms with Crippen molar-refractivity contribution in [2.45, 2.75) is 26.3 Å². The Kier molecular flexibility index (Phi) is 6.58. The molecule has 0 aliphatic carbocycles. The van der Waals surface area contributed by atoms with E-state index >= 15 is 0 Å². The lowest BCUT2D eigenvalue weighted by Crippen LogP contribution is -2.40. The van der Waals surface area contributed by atoms with Crippen molar-refractivity contribution in [3.63, 3.8) is 0 Å². The first-order valence-electron chi connectivity index (χ1n) is 6.66. The Bertz CT molecular complexity index is 522. The molecule has 1 unspecified atom stereocenters.